The van der Waals surface area contributed by atoms with E-state index in [4.69, 9.17) is 0 Å². The number of nitrogens with zero attached hydrogens (tertiary/aromatic N) is 1. The van der Waals surface area contributed by atoms with E-state index in [9.17, 15) is 5.11 Å². The zero-order valence-electron chi connectivity index (χ0n) is 12.5. The molecule has 0 unspecified atom stereocenters. The molecule has 1 aromatic heterocycles. The van der Waals surface area contributed by atoms with Gasteiger partial charge in [-0.1, -0.05) is 43.5 Å². The van der Waals surface area contributed by atoms with Crippen LogP contribution in [-0.2, 0) is 6.54 Å². The minimum Gasteiger partial charge on any atom is -0.396 e. The average Bonchev–Trinajstić information content (AvgIpc) is 2.55. The Morgan fingerprint density at radius 1 is 1.05 bits per heavy atom. The molecule has 1 aromatic carbocycles. The number of hydrogen-bond donors (Lipinski definition) is 2. The fraction of sp³-hybridized carbons (Fsp3) is 0.500. The summed E-state index contributed by atoms with van der Waals surface area (Å²) < 4.78 is 0. The van der Waals surface area contributed by atoms with Gasteiger partial charge in [-0.3, -0.25) is 4.98 Å². The molecule has 0 spiro atoms. The average molecular weight is 284 g/mol. The first-order chi connectivity index (χ1) is 10.3. The van der Waals surface area contributed by atoms with Crippen LogP contribution >= 0.6 is 0 Å². The molecule has 1 heterocycles. The molecule has 3 heteroatoms. The van der Waals surface area contributed by atoms with Crippen LogP contribution in [0.1, 0.15) is 37.8 Å². The molecule has 3 rings (SSSR count). The number of benzene rings is 1. The van der Waals surface area contributed by atoms with Gasteiger partial charge in [-0.25, -0.2) is 0 Å². The summed E-state index contributed by atoms with van der Waals surface area (Å²) in [6, 6.07) is 12.4. The largest absolute Gasteiger partial charge is 0.396 e. The van der Waals surface area contributed by atoms with Crippen LogP contribution in [0, 0.1) is 5.41 Å². The SMILES string of the molecule is OCC1(CNCc2ccc3ccccc3n2)CCCCC1. The number of hydrogen-bond acceptors (Lipinski definition) is 3. The van der Waals surface area contributed by atoms with Gasteiger partial charge >= 0.3 is 0 Å². The van der Waals surface area contributed by atoms with E-state index in [0.29, 0.717) is 6.61 Å². The summed E-state index contributed by atoms with van der Waals surface area (Å²) in [6.07, 6.45) is 6.09. The third-order valence-electron chi connectivity index (χ3n) is 4.71. The van der Waals surface area contributed by atoms with Crippen molar-refractivity contribution in [3.8, 4) is 0 Å². The van der Waals surface area contributed by atoms with Gasteiger partial charge in [0.25, 0.3) is 0 Å². The molecule has 0 aliphatic heterocycles. The highest BCUT2D eigenvalue weighted by Gasteiger charge is 2.30. The Labute approximate surface area is 126 Å². The van der Waals surface area contributed by atoms with Crippen LogP contribution in [0.3, 0.4) is 0 Å². The van der Waals surface area contributed by atoms with E-state index in [1.54, 1.807) is 0 Å². The second-order valence-corrected chi connectivity index (χ2v) is 6.32. The molecule has 1 saturated carbocycles. The Hall–Kier alpha value is -1.45. The fourth-order valence-electron chi connectivity index (χ4n) is 3.35. The summed E-state index contributed by atoms with van der Waals surface area (Å²) in [6.45, 7) is 1.95. The van der Waals surface area contributed by atoms with Crippen LogP contribution in [0.25, 0.3) is 10.9 Å². The van der Waals surface area contributed by atoms with Crippen molar-refractivity contribution >= 4 is 10.9 Å². The fourth-order valence-corrected chi connectivity index (χ4v) is 3.35. The molecule has 0 amide bonds. The van der Waals surface area contributed by atoms with Gasteiger partial charge in [0.2, 0.25) is 0 Å². The molecule has 0 saturated heterocycles. The van der Waals surface area contributed by atoms with Crippen molar-refractivity contribution < 1.29 is 5.11 Å². The van der Waals surface area contributed by atoms with Crippen molar-refractivity contribution in [1.82, 2.24) is 10.3 Å². The molecular formula is C18H24N2O. The molecule has 2 N–H and O–H groups in total. The third kappa shape index (κ3) is 3.42. The molecule has 21 heavy (non-hydrogen) atoms. The van der Waals surface area contributed by atoms with Gasteiger partial charge in [0.1, 0.15) is 0 Å². The molecule has 112 valence electrons. The van der Waals surface area contributed by atoms with E-state index in [1.165, 1.54) is 24.6 Å². The van der Waals surface area contributed by atoms with Crippen molar-refractivity contribution in [2.24, 2.45) is 5.41 Å². The Morgan fingerprint density at radius 3 is 2.67 bits per heavy atom. The number of aliphatic hydroxyl groups excluding tert-OH is 1. The molecule has 1 aliphatic rings. The monoisotopic (exact) mass is 284 g/mol. The number of rotatable bonds is 5. The summed E-state index contributed by atoms with van der Waals surface area (Å²) in [5, 5.41) is 14.4. The van der Waals surface area contributed by atoms with Gasteiger partial charge in [-0.05, 0) is 25.0 Å². The number of nitrogens with one attached hydrogen (secondary N) is 1. The van der Waals surface area contributed by atoms with E-state index >= 15 is 0 Å². The topological polar surface area (TPSA) is 45.1 Å². The van der Waals surface area contributed by atoms with Crippen molar-refractivity contribution in [1.29, 1.82) is 0 Å². The highest BCUT2D eigenvalue weighted by Crippen LogP contribution is 2.35. The molecule has 1 fully saturated rings. The zero-order valence-corrected chi connectivity index (χ0v) is 12.5. The first kappa shape index (κ1) is 14.5. The number of aromatic nitrogens is 1. The highest BCUT2D eigenvalue weighted by molar-refractivity contribution is 5.78. The standard InChI is InChI=1S/C18H24N2O/c21-14-18(10-4-1-5-11-18)13-19-12-16-9-8-15-6-2-3-7-17(15)20-16/h2-3,6-9,19,21H,1,4-5,10-14H2. The van der Waals surface area contributed by atoms with Gasteiger partial charge in [-0.2, -0.15) is 0 Å². The predicted octanol–water partition coefficient (Wildman–Crippen LogP) is 3.27. The first-order valence-electron chi connectivity index (χ1n) is 7.98. The lowest BCUT2D eigenvalue weighted by atomic mass is 9.74. The van der Waals surface area contributed by atoms with E-state index in [-0.39, 0.29) is 5.41 Å². The summed E-state index contributed by atoms with van der Waals surface area (Å²) >= 11 is 0. The lowest BCUT2D eigenvalue weighted by Gasteiger charge is -2.35. The lowest BCUT2D eigenvalue weighted by Crippen LogP contribution is -2.38. The van der Waals surface area contributed by atoms with Crippen molar-refractivity contribution in [2.45, 2.75) is 38.6 Å². The van der Waals surface area contributed by atoms with Crippen LogP contribution in [0.4, 0.5) is 0 Å². The summed E-state index contributed by atoms with van der Waals surface area (Å²) in [5.74, 6) is 0. The Balaban J connectivity index is 1.60. The Bertz CT molecular complexity index is 591. The maximum atomic E-state index is 9.72. The predicted molar refractivity (Wildman–Crippen MR) is 86.1 cm³/mol. The minimum atomic E-state index is 0.0924. The van der Waals surface area contributed by atoms with Gasteiger partial charge in [0.15, 0.2) is 0 Å². The van der Waals surface area contributed by atoms with Gasteiger partial charge in [0, 0.05) is 30.5 Å². The number of pyridine rings is 1. The van der Waals surface area contributed by atoms with E-state index < -0.39 is 0 Å². The summed E-state index contributed by atoms with van der Waals surface area (Å²) in [5.41, 5.74) is 2.21. The van der Waals surface area contributed by atoms with Gasteiger partial charge in [-0.15, -0.1) is 0 Å². The smallest absolute Gasteiger partial charge is 0.0705 e. The second kappa shape index (κ2) is 6.54. The molecular weight excluding hydrogens is 260 g/mol. The van der Waals surface area contributed by atoms with Crippen molar-refractivity contribution in [3.05, 3.63) is 42.1 Å². The second-order valence-electron chi connectivity index (χ2n) is 6.32. The Kier molecular flexibility index (Phi) is 4.51. The number of para-hydroxylation sites is 1. The first-order valence-corrected chi connectivity index (χ1v) is 7.98. The molecule has 2 aromatic rings. The third-order valence-corrected chi connectivity index (χ3v) is 4.71. The number of fused-ring (bicyclic) bond motifs is 1. The van der Waals surface area contributed by atoms with Crippen LogP contribution in [0.15, 0.2) is 36.4 Å². The van der Waals surface area contributed by atoms with E-state index in [1.807, 2.05) is 12.1 Å². The highest BCUT2D eigenvalue weighted by atomic mass is 16.3. The summed E-state index contributed by atoms with van der Waals surface area (Å²) in [7, 11) is 0. The lowest BCUT2D eigenvalue weighted by molar-refractivity contribution is 0.0810. The van der Waals surface area contributed by atoms with Crippen LogP contribution in [0.5, 0.6) is 0 Å². The molecule has 3 nitrogen and oxygen atoms in total. The molecule has 0 bridgehead atoms. The van der Waals surface area contributed by atoms with E-state index in [2.05, 4.69) is 34.6 Å². The maximum Gasteiger partial charge on any atom is 0.0705 e. The van der Waals surface area contributed by atoms with Crippen molar-refractivity contribution in [3.63, 3.8) is 0 Å². The number of aliphatic hydroxyl groups is 1. The normalized spacial score (nSPS) is 18.0. The minimum absolute atomic E-state index is 0.0924. The van der Waals surface area contributed by atoms with Crippen molar-refractivity contribution in [2.75, 3.05) is 13.2 Å². The van der Waals surface area contributed by atoms with E-state index in [0.717, 1.165) is 37.1 Å². The molecule has 1 aliphatic carbocycles. The maximum absolute atomic E-state index is 9.72. The van der Waals surface area contributed by atoms with Gasteiger partial charge in [0.05, 0.1) is 11.2 Å². The van der Waals surface area contributed by atoms with Crippen LogP contribution in [-0.4, -0.2) is 23.2 Å². The van der Waals surface area contributed by atoms with Crippen LogP contribution < -0.4 is 5.32 Å². The molecule has 0 atom stereocenters. The Morgan fingerprint density at radius 2 is 1.86 bits per heavy atom. The quantitative estimate of drug-likeness (QED) is 0.885. The van der Waals surface area contributed by atoms with Crippen LogP contribution in [0.2, 0.25) is 0 Å². The summed E-state index contributed by atoms with van der Waals surface area (Å²) in [4.78, 5) is 4.68. The van der Waals surface area contributed by atoms with Gasteiger partial charge < -0.3 is 10.4 Å². The molecule has 0 radical (unpaired) electrons. The zero-order chi connectivity index (χ0) is 14.5.